The molecular weight excluding hydrogens is 332 g/mol. The Hall–Kier alpha value is -2.10. The molecule has 2 aromatic rings. The number of amides is 1. The average Bonchev–Trinajstić information content (AvgIpc) is 3.17. The van der Waals surface area contributed by atoms with Gasteiger partial charge in [-0.15, -0.1) is 0 Å². The fraction of sp³-hybridized carbons (Fsp3) is 0.286. The number of carbonyl (C=O) groups excluding carboxylic acids is 1. The number of rotatable bonds is 6. The van der Waals surface area contributed by atoms with Crippen LogP contribution >= 0.6 is 11.6 Å². The van der Waals surface area contributed by atoms with Gasteiger partial charge in [-0.25, -0.2) is 0 Å². The van der Waals surface area contributed by atoms with E-state index in [0.29, 0.717) is 11.6 Å². The van der Waals surface area contributed by atoms with Crippen LogP contribution in [0.4, 0.5) is 0 Å². The zero-order valence-electron chi connectivity index (χ0n) is 14.2. The molecule has 0 aromatic heterocycles. The Kier molecular flexibility index (Phi) is 6.26. The Labute approximate surface area is 154 Å². The van der Waals surface area contributed by atoms with Gasteiger partial charge in [0.25, 0.3) is 0 Å². The van der Waals surface area contributed by atoms with Crippen LogP contribution in [0.25, 0.3) is 6.08 Å². The molecule has 1 fully saturated rings. The van der Waals surface area contributed by atoms with Gasteiger partial charge < -0.3 is 5.32 Å². The van der Waals surface area contributed by atoms with E-state index in [9.17, 15) is 4.79 Å². The molecule has 4 heteroatoms. The Bertz CT molecular complexity index is 706. The van der Waals surface area contributed by atoms with Gasteiger partial charge in [-0.3, -0.25) is 9.69 Å². The van der Waals surface area contributed by atoms with Gasteiger partial charge in [-0.2, -0.15) is 0 Å². The van der Waals surface area contributed by atoms with Crippen LogP contribution in [0, 0.1) is 0 Å². The summed E-state index contributed by atoms with van der Waals surface area (Å²) in [6.07, 6.45) is 5.84. The van der Waals surface area contributed by atoms with Gasteiger partial charge in [0, 0.05) is 17.6 Å². The van der Waals surface area contributed by atoms with Gasteiger partial charge in [0.1, 0.15) is 0 Å². The molecule has 3 rings (SSSR count). The van der Waals surface area contributed by atoms with Gasteiger partial charge in [-0.1, -0.05) is 54.1 Å². The maximum Gasteiger partial charge on any atom is 0.244 e. The van der Waals surface area contributed by atoms with Crippen molar-refractivity contribution in [2.75, 3.05) is 19.6 Å². The molecule has 1 amide bonds. The van der Waals surface area contributed by atoms with Crippen LogP contribution in [0.1, 0.15) is 30.0 Å². The third-order valence-corrected chi connectivity index (χ3v) is 4.78. The van der Waals surface area contributed by atoms with E-state index < -0.39 is 0 Å². The topological polar surface area (TPSA) is 32.3 Å². The number of nitrogens with one attached hydrogen (secondary N) is 1. The third-order valence-electron chi connectivity index (χ3n) is 4.53. The summed E-state index contributed by atoms with van der Waals surface area (Å²) in [4.78, 5) is 14.6. The van der Waals surface area contributed by atoms with E-state index >= 15 is 0 Å². The fourth-order valence-corrected chi connectivity index (χ4v) is 3.31. The zero-order chi connectivity index (χ0) is 17.5. The van der Waals surface area contributed by atoms with E-state index in [4.69, 9.17) is 11.6 Å². The first-order valence-corrected chi connectivity index (χ1v) is 9.10. The lowest BCUT2D eigenvalue weighted by Gasteiger charge is -2.28. The molecule has 0 saturated carbocycles. The largest absolute Gasteiger partial charge is 0.351 e. The maximum absolute atomic E-state index is 12.2. The fourth-order valence-electron chi connectivity index (χ4n) is 3.19. The minimum atomic E-state index is -0.0740. The highest BCUT2D eigenvalue weighted by atomic mass is 35.5. The van der Waals surface area contributed by atoms with E-state index in [1.54, 1.807) is 12.2 Å². The highest BCUT2D eigenvalue weighted by Crippen LogP contribution is 2.24. The van der Waals surface area contributed by atoms with Crippen molar-refractivity contribution in [3.63, 3.8) is 0 Å². The standard InChI is InChI=1S/C21H23ClN2O/c22-19-11-8-17(9-12-19)10-13-21(25)23-16-20(24-14-4-5-15-24)18-6-2-1-3-7-18/h1-3,6-13,20H,4-5,14-16H2,(H,23,25)/b13-10+. The maximum atomic E-state index is 12.2. The van der Waals surface area contributed by atoms with Crippen molar-refractivity contribution in [2.24, 2.45) is 0 Å². The van der Waals surface area contributed by atoms with Crippen LogP contribution in [-0.2, 0) is 4.79 Å². The molecule has 0 spiro atoms. The smallest absolute Gasteiger partial charge is 0.244 e. The molecule has 1 N–H and O–H groups in total. The number of carbonyl (C=O) groups is 1. The van der Waals surface area contributed by atoms with Crippen LogP contribution in [0.2, 0.25) is 5.02 Å². The van der Waals surface area contributed by atoms with E-state index in [-0.39, 0.29) is 11.9 Å². The van der Waals surface area contributed by atoms with Crippen LogP contribution < -0.4 is 5.32 Å². The minimum Gasteiger partial charge on any atom is -0.351 e. The number of nitrogens with zero attached hydrogens (tertiary/aromatic N) is 1. The van der Waals surface area contributed by atoms with Crippen molar-refractivity contribution in [1.82, 2.24) is 10.2 Å². The van der Waals surface area contributed by atoms with E-state index in [1.807, 2.05) is 30.3 Å². The second-order valence-electron chi connectivity index (χ2n) is 6.30. The van der Waals surface area contributed by atoms with Crippen molar-refractivity contribution in [3.8, 4) is 0 Å². The second kappa shape index (κ2) is 8.84. The van der Waals surface area contributed by atoms with E-state index in [1.165, 1.54) is 18.4 Å². The Morgan fingerprint density at radius 1 is 1.08 bits per heavy atom. The Morgan fingerprint density at radius 2 is 1.76 bits per heavy atom. The molecule has 3 nitrogen and oxygen atoms in total. The van der Waals surface area contributed by atoms with Gasteiger partial charge in [0.05, 0.1) is 6.04 Å². The highest BCUT2D eigenvalue weighted by Gasteiger charge is 2.23. The summed E-state index contributed by atoms with van der Waals surface area (Å²) in [7, 11) is 0. The molecule has 0 aliphatic carbocycles. The lowest BCUT2D eigenvalue weighted by molar-refractivity contribution is -0.116. The first kappa shape index (κ1) is 17.7. The molecular formula is C21H23ClN2O. The van der Waals surface area contributed by atoms with Crippen molar-refractivity contribution in [3.05, 3.63) is 76.8 Å². The molecule has 1 heterocycles. The highest BCUT2D eigenvalue weighted by molar-refractivity contribution is 6.30. The number of hydrogen-bond donors (Lipinski definition) is 1. The SMILES string of the molecule is O=C(/C=C/c1ccc(Cl)cc1)NCC(c1ccccc1)N1CCCC1. The monoisotopic (exact) mass is 354 g/mol. The predicted octanol–water partition coefficient (Wildman–Crippen LogP) is 4.31. The second-order valence-corrected chi connectivity index (χ2v) is 6.74. The zero-order valence-corrected chi connectivity index (χ0v) is 15.0. The summed E-state index contributed by atoms with van der Waals surface area (Å²) in [5.74, 6) is -0.0740. The normalized spacial score (nSPS) is 16.2. The van der Waals surface area contributed by atoms with E-state index in [0.717, 1.165) is 18.7 Å². The quantitative estimate of drug-likeness (QED) is 0.784. The van der Waals surface area contributed by atoms with Gasteiger partial charge in [-0.05, 0) is 55.3 Å². The van der Waals surface area contributed by atoms with Crippen molar-refractivity contribution in [1.29, 1.82) is 0 Å². The summed E-state index contributed by atoms with van der Waals surface area (Å²) in [6, 6.07) is 18.1. The summed E-state index contributed by atoms with van der Waals surface area (Å²) < 4.78 is 0. The number of hydrogen-bond acceptors (Lipinski definition) is 2. The summed E-state index contributed by atoms with van der Waals surface area (Å²) in [5, 5.41) is 3.74. The van der Waals surface area contributed by atoms with Gasteiger partial charge in [0.15, 0.2) is 0 Å². The average molecular weight is 355 g/mol. The molecule has 25 heavy (non-hydrogen) atoms. The summed E-state index contributed by atoms with van der Waals surface area (Å²) in [5.41, 5.74) is 2.21. The molecule has 1 aliphatic rings. The van der Waals surface area contributed by atoms with Crippen molar-refractivity contribution in [2.45, 2.75) is 18.9 Å². The molecule has 0 radical (unpaired) electrons. The van der Waals surface area contributed by atoms with Crippen LogP contribution in [-0.4, -0.2) is 30.4 Å². The van der Waals surface area contributed by atoms with Crippen LogP contribution in [0.3, 0.4) is 0 Å². The van der Waals surface area contributed by atoms with Gasteiger partial charge >= 0.3 is 0 Å². The molecule has 0 bridgehead atoms. The lowest BCUT2D eigenvalue weighted by Crippen LogP contribution is -2.36. The molecule has 1 unspecified atom stereocenters. The predicted molar refractivity (Wildman–Crippen MR) is 103 cm³/mol. The minimum absolute atomic E-state index is 0.0740. The number of halogens is 1. The van der Waals surface area contributed by atoms with E-state index in [2.05, 4.69) is 34.5 Å². The van der Waals surface area contributed by atoms with Crippen LogP contribution in [0.5, 0.6) is 0 Å². The van der Waals surface area contributed by atoms with Gasteiger partial charge in [0.2, 0.25) is 5.91 Å². The number of benzene rings is 2. The van der Waals surface area contributed by atoms with Crippen LogP contribution in [0.15, 0.2) is 60.7 Å². The summed E-state index contributed by atoms with van der Waals surface area (Å²) in [6.45, 7) is 2.81. The lowest BCUT2D eigenvalue weighted by atomic mass is 10.1. The molecule has 130 valence electrons. The Morgan fingerprint density at radius 3 is 2.44 bits per heavy atom. The Balaban J connectivity index is 1.60. The first-order chi connectivity index (χ1) is 12.2. The number of likely N-dealkylation sites (tertiary alicyclic amines) is 1. The molecule has 1 saturated heterocycles. The summed E-state index contributed by atoms with van der Waals surface area (Å²) >= 11 is 5.87. The first-order valence-electron chi connectivity index (χ1n) is 8.73. The molecule has 2 aromatic carbocycles. The van der Waals surface area contributed by atoms with Crippen molar-refractivity contribution < 1.29 is 4.79 Å². The van der Waals surface area contributed by atoms with Crippen molar-refractivity contribution >= 4 is 23.6 Å². The third kappa shape index (κ3) is 5.18. The molecule has 1 aliphatic heterocycles. The molecule has 1 atom stereocenters.